The number of pyridine rings is 1. The average molecular weight is 252 g/mol. The van der Waals surface area contributed by atoms with Gasteiger partial charge in [-0.25, -0.2) is 4.98 Å². The van der Waals surface area contributed by atoms with E-state index in [1.807, 2.05) is 30.5 Å². The Morgan fingerprint density at radius 3 is 2.69 bits per heavy atom. The van der Waals surface area contributed by atoms with Crippen LogP contribution in [-0.4, -0.2) is 11.2 Å². The van der Waals surface area contributed by atoms with Crippen LogP contribution in [0.3, 0.4) is 0 Å². The minimum absolute atomic E-state index is 0.547. The van der Waals surface area contributed by atoms with Crippen molar-refractivity contribution in [2.75, 3.05) is 6.26 Å². The Hall–Kier alpha value is -1.19. The zero-order chi connectivity index (χ0) is 11.4. The molecule has 0 fully saturated rings. The number of hydrogen-bond donors (Lipinski definition) is 0. The first kappa shape index (κ1) is 11.3. The molecule has 0 aliphatic rings. The number of rotatable bonds is 3. The smallest absolute Gasteiger partial charge is 0.219 e. The molecule has 82 valence electrons. The summed E-state index contributed by atoms with van der Waals surface area (Å²) in [6.45, 7) is 0. The largest absolute Gasteiger partial charge is 0.438 e. The fourth-order valence-corrected chi connectivity index (χ4v) is 1.88. The first-order valence-electron chi connectivity index (χ1n) is 4.72. The second kappa shape index (κ2) is 5.23. The quantitative estimate of drug-likeness (QED) is 0.762. The zero-order valence-corrected chi connectivity index (χ0v) is 10.3. The summed E-state index contributed by atoms with van der Waals surface area (Å²) in [5.74, 6) is 1.36. The van der Waals surface area contributed by atoms with Crippen molar-refractivity contribution in [3.8, 4) is 11.6 Å². The number of thioether (sulfide) groups is 1. The molecule has 1 aromatic heterocycles. The maximum absolute atomic E-state index is 5.75. The molecule has 0 saturated heterocycles. The summed E-state index contributed by atoms with van der Waals surface area (Å²) in [6.07, 6.45) is 3.58. The van der Waals surface area contributed by atoms with E-state index in [9.17, 15) is 0 Å². The van der Waals surface area contributed by atoms with Crippen LogP contribution in [0.1, 0.15) is 0 Å². The van der Waals surface area contributed by atoms with Crippen LogP contribution in [0.15, 0.2) is 47.5 Å². The number of ether oxygens (including phenoxy) is 1. The third kappa shape index (κ3) is 2.68. The van der Waals surface area contributed by atoms with E-state index in [4.69, 9.17) is 16.3 Å². The minimum atomic E-state index is 0.547. The fourth-order valence-electron chi connectivity index (χ4n) is 1.24. The number of para-hydroxylation sites is 1. The predicted molar refractivity (Wildman–Crippen MR) is 67.5 cm³/mol. The van der Waals surface area contributed by atoms with Gasteiger partial charge >= 0.3 is 0 Å². The van der Waals surface area contributed by atoms with Crippen LogP contribution in [0.4, 0.5) is 0 Å². The van der Waals surface area contributed by atoms with Crippen molar-refractivity contribution >= 4 is 23.4 Å². The number of aromatic nitrogens is 1. The van der Waals surface area contributed by atoms with Crippen molar-refractivity contribution in [2.45, 2.75) is 4.90 Å². The molecule has 4 heteroatoms. The molecular formula is C12H10ClNOS. The van der Waals surface area contributed by atoms with Gasteiger partial charge in [0.15, 0.2) is 0 Å². The molecule has 2 aromatic rings. The van der Waals surface area contributed by atoms with Gasteiger partial charge < -0.3 is 4.74 Å². The summed E-state index contributed by atoms with van der Waals surface area (Å²) in [7, 11) is 0. The Bertz CT molecular complexity index is 473. The van der Waals surface area contributed by atoms with E-state index < -0.39 is 0 Å². The van der Waals surface area contributed by atoms with E-state index >= 15 is 0 Å². The Morgan fingerprint density at radius 2 is 2.00 bits per heavy atom. The van der Waals surface area contributed by atoms with Crippen LogP contribution in [0.5, 0.6) is 11.6 Å². The molecule has 1 aromatic carbocycles. The van der Waals surface area contributed by atoms with Crippen molar-refractivity contribution < 1.29 is 4.74 Å². The lowest BCUT2D eigenvalue weighted by Gasteiger charge is -2.07. The SMILES string of the molecule is CSc1ccccc1Oc1ccc(Cl)cn1. The molecule has 0 amide bonds. The van der Waals surface area contributed by atoms with Gasteiger partial charge in [-0.05, 0) is 24.5 Å². The molecule has 2 rings (SSSR count). The predicted octanol–water partition coefficient (Wildman–Crippen LogP) is 4.25. The van der Waals surface area contributed by atoms with Gasteiger partial charge in [-0.15, -0.1) is 11.8 Å². The van der Waals surface area contributed by atoms with Gasteiger partial charge in [0, 0.05) is 17.2 Å². The average Bonchev–Trinajstić information content (AvgIpc) is 2.33. The summed E-state index contributed by atoms with van der Waals surface area (Å²) in [4.78, 5) is 5.17. The van der Waals surface area contributed by atoms with Crippen LogP contribution in [0.25, 0.3) is 0 Å². The van der Waals surface area contributed by atoms with Gasteiger partial charge in [-0.2, -0.15) is 0 Å². The number of hydrogen-bond acceptors (Lipinski definition) is 3. The minimum Gasteiger partial charge on any atom is -0.438 e. The highest BCUT2D eigenvalue weighted by Crippen LogP contribution is 2.30. The van der Waals surface area contributed by atoms with Crippen LogP contribution in [0.2, 0.25) is 5.02 Å². The van der Waals surface area contributed by atoms with Crippen molar-refractivity contribution in [3.05, 3.63) is 47.6 Å². The van der Waals surface area contributed by atoms with Gasteiger partial charge in [0.2, 0.25) is 5.88 Å². The van der Waals surface area contributed by atoms with Crippen LogP contribution < -0.4 is 4.74 Å². The van der Waals surface area contributed by atoms with Crippen molar-refractivity contribution in [3.63, 3.8) is 0 Å². The molecule has 0 unspecified atom stereocenters. The molecule has 0 radical (unpaired) electrons. The van der Waals surface area contributed by atoms with Crippen LogP contribution >= 0.6 is 23.4 Å². The third-order valence-corrected chi connectivity index (χ3v) is 2.98. The van der Waals surface area contributed by atoms with E-state index in [-0.39, 0.29) is 0 Å². The number of nitrogens with zero attached hydrogens (tertiary/aromatic N) is 1. The van der Waals surface area contributed by atoms with Gasteiger partial charge in [-0.3, -0.25) is 0 Å². The van der Waals surface area contributed by atoms with Crippen molar-refractivity contribution in [1.29, 1.82) is 0 Å². The standard InChI is InChI=1S/C12H10ClNOS/c1-16-11-5-3-2-4-10(11)15-12-7-6-9(13)8-14-12/h2-8H,1H3. The Morgan fingerprint density at radius 1 is 1.19 bits per heavy atom. The highest BCUT2D eigenvalue weighted by atomic mass is 35.5. The third-order valence-electron chi connectivity index (χ3n) is 1.98. The molecule has 0 aliphatic heterocycles. The lowest BCUT2D eigenvalue weighted by atomic mass is 10.3. The molecule has 0 bridgehead atoms. The fraction of sp³-hybridized carbons (Fsp3) is 0.0833. The van der Waals surface area contributed by atoms with E-state index in [0.717, 1.165) is 10.6 Å². The van der Waals surface area contributed by atoms with Gasteiger partial charge in [0.25, 0.3) is 0 Å². The van der Waals surface area contributed by atoms with E-state index in [1.54, 1.807) is 30.1 Å². The highest BCUT2D eigenvalue weighted by molar-refractivity contribution is 7.98. The lowest BCUT2D eigenvalue weighted by molar-refractivity contribution is 0.452. The Kier molecular flexibility index (Phi) is 3.70. The highest BCUT2D eigenvalue weighted by Gasteiger charge is 2.03. The number of benzene rings is 1. The maximum Gasteiger partial charge on any atom is 0.219 e. The lowest BCUT2D eigenvalue weighted by Crippen LogP contribution is -1.88. The van der Waals surface area contributed by atoms with E-state index in [0.29, 0.717) is 10.9 Å². The van der Waals surface area contributed by atoms with Crippen LogP contribution in [0, 0.1) is 0 Å². The Labute approximate surface area is 104 Å². The molecule has 1 heterocycles. The molecule has 0 N–H and O–H groups in total. The summed E-state index contributed by atoms with van der Waals surface area (Å²) in [6, 6.07) is 11.3. The van der Waals surface area contributed by atoms with Crippen molar-refractivity contribution in [1.82, 2.24) is 4.98 Å². The molecule has 2 nitrogen and oxygen atoms in total. The Balaban J connectivity index is 2.23. The van der Waals surface area contributed by atoms with Crippen LogP contribution in [-0.2, 0) is 0 Å². The first-order valence-corrected chi connectivity index (χ1v) is 6.32. The number of halogens is 1. The molecule has 16 heavy (non-hydrogen) atoms. The maximum atomic E-state index is 5.75. The molecular weight excluding hydrogens is 242 g/mol. The van der Waals surface area contributed by atoms with Gasteiger partial charge in [-0.1, -0.05) is 23.7 Å². The monoisotopic (exact) mass is 251 g/mol. The summed E-state index contributed by atoms with van der Waals surface area (Å²) in [5.41, 5.74) is 0. The second-order valence-electron chi connectivity index (χ2n) is 3.07. The second-order valence-corrected chi connectivity index (χ2v) is 4.35. The van der Waals surface area contributed by atoms with Gasteiger partial charge in [0.1, 0.15) is 5.75 Å². The summed E-state index contributed by atoms with van der Waals surface area (Å²) >= 11 is 7.39. The molecule has 0 aliphatic carbocycles. The van der Waals surface area contributed by atoms with Gasteiger partial charge in [0.05, 0.1) is 5.02 Å². The summed E-state index contributed by atoms with van der Waals surface area (Å²) in [5, 5.41) is 0.602. The van der Waals surface area contributed by atoms with E-state index in [2.05, 4.69) is 4.98 Å². The zero-order valence-electron chi connectivity index (χ0n) is 8.68. The first-order chi connectivity index (χ1) is 7.79. The molecule has 0 spiro atoms. The van der Waals surface area contributed by atoms with E-state index in [1.165, 1.54) is 0 Å². The topological polar surface area (TPSA) is 22.1 Å². The summed E-state index contributed by atoms with van der Waals surface area (Å²) < 4.78 is 5.66. The molecule has 0 saturated carbocycles. The molecule has 0 atom stereocenters. The van der Waals surface area contributed by atoms with Crippen molar-refractivity contribution in [2.24, 2.45) is 0 Å². The normalized spacial score (nSPS) is 10.1.